The third-order valence-corrected chi connectivity index (χ3v) is 5.56. The van der Waals surface area contributed by atoms with Gasteiger partial charge in [0.05, 0.1) is 10.5 Å². The molecule has 2 aromatic rings. The maximum absolute atomic E-state index is 13.1. The summed E-state index contributed by atoms with van der Waals surface area (Å²) in [6.45, 7) is 4.87. The molecule has 3 rings (SSSR count). The molecule has 1 aliphatic rings. The number of nitrogens with zero attached hydrogens (tertiary/aromatic N) is 1. The Balaban J connectivity index is 2.03. The Kier molecular flexibility index (Phi) is 6.14. The number of carbonyl (C=O) groups is 2. The zero-order chi connectivity index (χ0) is 19.4. The van der Waals surface area contributed by atoms with E-state index in [1.54, 1.807) is 7.11 Å². The molecular weight excluding hydrogens is 358 g/mol. The van der Waals surface area contributed by atoms with E-state index in [0.717, 1.165) is 21.6 Å². The fourth-order valence-corrected chi connectivity index (χ4v) is 4.18. The fourth-order valence-electron chi connectivity index (χ4n) is 3.16. The van der Waals surface area contributed by atoms with E-state index in [1.165, 1.54) is 16.7 Å². The Morgan fingerprint density at radius 3 is 2.41 bits per heavy atom. The Bertz CT molecular complexity index is 890. The van der Waals surface area contributed by atoms with E-state index in [0.29, 0.717) is 30.1 Å². The molecule has 140 valence electrons. The van der Waals surface area contributed by atoms with Crippen LogP contribution in [-0.2, 0) is 14.3 Å². The molecule has 0 aliphatic carbocycles. The zero-order valence-electron chi connectivity index (χ0n) is 15.8. The number of rotatable bonds is 7. The van der Waals surface area contributed by atoms with Gasteiger partial charge in [-0.15, -0.1) is 0 Å². The van der Waals surface area contributed by atoms with Gasteiger partial charge in [-0.1, -0.05) is 53.7 Å². The summed E-state index contributed by atoms with van der Waals surface area (Å²) in [5, 5.41) is 0. The fraction of sp³-hybridized carbons (Fsp3) is 0.273. The number of aryl methyl sites for hydroxylation is 2. The average molecular weight is 381 g/mol. The third-order valence-electron chi connectivity index (χ3n) is 4.47. The highest BCUT2D eigenvalue weighted by molar-refractivity contribution is 8.04. The summed E-state index contributed by atoms with van der Waals surface area (Å²) in [6, 6.07) is 15.6. The van der Waals surface area contributed by atoms with E-state index in [2.05, 4.69) is 0 Å². The Hall–Kier alpha value is -2.37. The van der Waals surface area contributed by atoms with Gasteiger partial charge in [0, 0.05) is 25.2 Å². The van der Waals surface area contributed by atoms with Crippen molar-refractivity contribution in [2.75, 3.05) is 20.3 Å². The van der Waals surface area contributed by atoms with E-state index in [9.17, 15) is 9.59 Å². The number of carbonyl (C=O) groups excluding carboxylic acids is 2. The predicted octanol–water partition coefficient (Wildman–Crippen LogP) is 4.21. The van der Waals surface area contributed by atoms with Gasteiger partial charge in [0.1, 0.15) is 0 Å². The summed E-state index contributed by atoms with van der Waals surface area (Å²) in [6.07, 6.45) is 0.622. The number of methoxy groups -OCH3 is 1. The number of thioether (sulfide) groups is 1. The minimum absolute atomic E-state index is 0.221. The van der Waals surface area contributed by atoms with Crippen molar-refractivity contribution in [3.05, 3.63) is 70.1 Å². The quantitative estimate of drug-likeness (QED) is 0.532. The van der Waals surface area contributed by atoms with Gasteiger partial charge in [-0.25, -0.2) is 0 Å². The zero-order valence-corrected chi connectivity index (χ0v) is 16.6. The van der Waals surface area contributed by atoms with E-state index in [4.69, 9.17) is 4.74 Å². The molecule has 0 atom stereocenters. The van der Waals surface area contributed by atoms with E-state index in [1.807, 2.05) is 62.4 Å². The van der Waals surface area contributed by atoms with Crippen molar-refractivity contribution in [3.63, 3.8) is 0 Å². The van der Waals surface area contributed by atoms with Crippen LogP contribution in [0.4, 0.5) is 0 Å². The molecule has 2 amide bonds. The van der Waals surface area contributed by atoms with Gasteiger partial charge in [0.25, 0.3) is 11.8 Å². The maximum Gasteiger partial charge on any atom is 0.268 e. The van der Waals surface area contributed by atoms with Crippen LogP contribution in [0.5, 0.6) is 0 Å². The number of hydrogen-bond acceptors (Lipinski definition) is 4. The summed E-state index contributed by atoms with van der Waals surface area (Å²) >= 11 is 1.36. The van der Waals surface area contributed by atoms with E-state index in [-0.39, 0.29) is 11.8 Å². The molecule has 0 N–H and O–H groups in total. The predicted molar refractivity (Wildman–Crippen MR) is 108 cm³/mol. The monoisotopic (exact) mass is 381 g/mol. The molecule has 4 nitrogen and oxygen atoms in total. The highest BCUT2D eigenvalue weighted by Crippen LogP contribution is 2.40. The van der Waals surface area contributed by atoms with Crippen molar-refractivity contribution in [2.24, 2.45) is 0 Å². The Morgan fingerprint density at radius 2 is 1.74 bits per heavy atom. The number of ether oxygens (including phenoxy) is 1. The smallest absolute Gasteiger partial charge is 0.268 e. The average Bonchev–Trinajstić information content (AvgIpc) is 2.87. The molecule has 0 spiro atoms. The van der Waals surface area contributed by atoms with Gasteiger partial charge >= 0.3 is 0 Å². The van der Waals surface area contributed by atoms with Crippen LogP contribution in [0.1, 0.15) is 23.1 Å². The van der Waals surface area contributed by atoms with Crippen LogP contribution in [0, 0.1) is 13.8 Å². The maximum atomic E-state index is 13.1. The second kappa shape index (κ2) is 8.55. The van der Waals surface area contributed by atoms with Crippen molar-refractivity contribution >= 4 is 29.1 Å². The molecule has 0 unspecified atom stereocenters. The highest BCUT2D eigenvalue weighted by Gasteiger charge is 2.39. The molecule has 1 heterocycles. The summed E-state index contributed by atoms with van der Waals surface area (Å²) in [5.74, 6) is -0.443. The van der Waals surface area contributed by atoms with Gasteiger partial charge in [0.15, 0.2) is 0 Å². The van der Waals surface area contributed by atoms with Crippen LogP contribution in [0.2, 0.25) is 0 Å². The van der Waals surface area contributed by atoms with Crippen molar-refractivity contribution < 1.29 is 14.3 Å². The largest absolute Gasteiger partial charge is 0.385 e. The summed E-state index contributed by atoms with van der Waals surface area (Å²) < 4.78 is 5.07. The normalized spacial score (nSPS) is 14.4. The summed E-state index contributed by atoms with van der Waals surface area (Å²) in [7, 11) is 1.61. The molecule has 0 radical (unpaired) electrons. The molecular formula is C22H23NO3S. The lowest BCUT2D eigenvalue weighted by Crippen LogP contribution is -2.33. The summed E-state index contributed by atoms with van der Waals surface area (Å²) in [4.78, 5) is 29.0. The molecule has 0 fully saturated rings. The van der Waals surface area contributed by atoms with Gasteiger partial charge in [-0.05, 0) is 43.5 Å². The molecule has 27 heavy (non-hydrogen) atoms. The van der Waals surface area contributed by atoms with Crippen molar-refractivity contribution in [1.82, 2.24) is 4.90 Å². The van der Waals surface area contributed by atoms with Crippen LogP contribution < -0.4 is 0 Å². The minimum atomic E-state index is -0.222. The molecule has 0 bridgehead atoms. The van der Waals surface area contributed by atoms with Crippen molar-refractivity contribution in [1.29, 1.82) is 0 Å². The van der Waals surface area contributed by atoms with Crippen LogP contribution in [0.25, 0.3) is 5.57 Å². The van der Waals surface area contributed by atoms with Gasteiger partial charge in [-0.2, -0.15) is 0 Å². The Morgan fingerprint density at radius 1 is 1.00 bits per heavy atom. The lowest BCUT2D eigenvalue weighted by molar-refractivity contribution is -0.136. The van der Waals surface area contributed by atoms with Crippen molar-refractivity contribution in [2.45, 2.75) is 25.2 Å². The van der Waals surface area contributed by atoms with Crippen LogP contribution in [0.15, 0.2) is 58.3 Å². The first-order valence-corrected chi connectivity index (χ1v) is 9.74. The first-order chi connectivity index (χ1) is 13.0. The standard InChI is InChI=1S/C22H23NO3S/c1-15-10-11-18(16(2)14-15)19-20(27-17-8-5-4-6-9-17)22(25)23(21(19)24)12-7-13-26-3/h4-6,8-11,14H,7,12-13H2,1-3H3. The molecule has 2 aromatic carbocycles. The summed E-state index contributed by atoms with van der Waals surface area (Å²) in [5.41, 5.74) is 3.45. The molecule has 0 aromatic heterocycles. The lowest BCUT2D eigenvalue weighted by Gasteiger charge is -2.15. The van der Waals surface area contributed by atoms with Crippen molar-refractivity contribution in [3.8, 4) is 0 Å². The first-order valence-electron chi connectivity index (χ1n) is 8.93. The van der Waals surface area contributed by atoms with Crippen LogP contribution in [-0.4, -0.2) is 37.0 Å². The topological polar surface area (TPSA) is 46.6 Å². The molecule has 0 saturated carbocycles. The first kappa shape index (κ1) is 19.4. The van der Waals surface area contributed by atoms with Gasteiger partial charge in [-0.3, -0.25) is 14.5 Å². The molecule has 5 heteroatoms. The SMILES string of the molecule is COCCCN1C(=O)C(Sc2ccccc2)=C(c2ccc(C)cc2C)C1=O. The molecule has 1 aliphatic heterocycles. The highest BCUT2D eigenvalue weighted by atomic mass is 32.2. The lowest BCUT2D eigenvalue weighted by atomic mass is 9.99. The van der Waals surface area contributed by atoms with E-state index < -0.39 is 0 Å². The van der Waals surface area contributed by atoms with Gasteiger partial charge < -0.3 is 4.74 Å². The Labute approximate surface area is 164 Å². The number of hydrogen-bond donors (Lipinski definition) is 0. The second-order valence-electron chi connectivity index (χ2n) is 6.55. The van der Waals surface area contributed by atoms with E-state index >= 15 is 0 Å². The number of benzene rings is 2. The third kappa shape index (κ3) is 4.15. The van der Waals surface area contributed by atoms with Gasteiger partial charge in [0.2, 0.25) is 0 Å². The minimum Gasteiger partial charge on any atom is -0.385 e. The van der Waals surface area contributed by atoms with Crippen LogP contribution >= 0.6 is 11.8 Å². The number of imide groups is 1. The second-order valence-corrected chi connectivity index (χ2v) is 7.63. The number of amides is 2. The van der Waals surface area contributed by atoms with Crippen LogP contribution in [0.3, 0.4) is 0 Å². The molecule has 0 saturated heterocycles.